The van der Waals surface area contributed by atoms with E-state index in [1.165, 1.54) is 18.3 Å². The van der Waals surface area contributed by atoms with Gasteiger partial charge in [0.1, 0.15) is 23.1 Å². The van der Waals surface area contributed by atoms with E-state index in [0.29, 0.717) is 12.1 Å². The number of hydrogen-bond acceptors (Lipinski definition) is 3. The van der Waals surface area contributed by atoms with E-state index < -0.39 is 11.6 Å². The summed E-state index contributed by atoms with van der Waals surface area (Å²) in [6.07, 6.45) is 1.36. The van der Waals surface area contributed by atoms with Crippen LogP contribution in [-0.2, 0) is 6.54 Å². The zero-order valence-electron chi connectivity index (χ0n) is 14.1. The lowest BCUT2D eigenvalue weighted by Crippen LogP contribution is -2.23. The Labute approximate surface area is 149 Å². The molecule has 1 heterocycles. The molecule has 0 bridgehead atoms. The number of amides is 1. The largest absolute Gasteiger partial charge is 0.348 e. The maximum absolute atomic E-state index is 13.6. The molecule has 0 aliphatic rings. The van der Waals surface area contributed by atoms with Crippen LogP contribution < -0.4 is 10.6 Å². The minimum Gasteiger partial charge on any atom is -0.348 e. The van der Waals surface area contributed by atoms with Crippen LogP contribution in [0.2, 0.25) is 0 Å². The van der Waals surface area contributed by atoms with Crippen LogP contribution in [0.15, 0.2) is 60.8 Å². The molecule has 1 aromatic heterocycles. The molecule has 1 amide bonds. The molecule has 0 unspecified atom stereocenters. The number of para-hydroxylation sites is 1. The summed E-state index contributed by atoms with van der Waals surface area (Å²) < 4.78 is 27.3. The van der Waals surface area contributed by atoms with Gasteiger partial charge >= 0.3 is 0 Å². The quantitative estimate of drug-likeness (QED) is 0.717. The normalized spacial score (nSPS) is 10.4. The van der Waals surface area contributed by atoms with Gasteiger partial charge in [0.25, 0.3) is 5.91 Å². The summed E-state index contributed by atoms with van der Waals surface area (Å²) in [7, 11) is 0. The molecule has 0 spiro atoms. The predicted octanol–water partition coefficient (Wildman–Crippen LogP) is 4.34. The van der Waals surface area contributed by atoms with Crippen LogP contribution in [0.4, 0.5) is 20.3 Å². The Morgan fingerprint density at radius 3 is 2.38 bits per heavy atom. The van der Waals surface area contributed by atoms with Crippen molar-refractivity contribution >= 4 is 17.4 Å². The average molecular weight is 353 g/mol. The molecule has 0 saturated heterocycles. The van der Waals surface area contributed by atoms with Crippen LogP contribution in [0, 0.1) is 18.6 Å². The van der Waals surface area contributed by atoms with E-state index in [1.807, 2.05) is 31.2 Å². The first-order valence-corrected chi connectivity index (χ1v) is 8.04. The fourth-order valence-corrected chi connectivity index (χ4v) is 2.43. The number of anilines is 2. The monoisotopic (exact) mass is 353 g/mol. The molecule has 132 valence electrons. The lowest BCUT2D eigenvalue weighted by Gasteiger charge is -2.10. The second-order valence-corrected chi connectivity index (χ2v) is 5.76. The van der Waals surface area contributed by atoms with Crippen molar-refractivity contribution in [3.63, 3.8) is 0 Å². The van der Waals surface area contributed by atoms with E-state index in [1.54, 1.807) is 6.07 Å². The SMILES string of the molecule is Cc1ccccc1CNC(=O)c1ccc(Nc2c(F)cccc2F)nc1. The first-order valence-electron chi connectivity index (χ1n) is 8.04. The van der Waals surface area contributed by atoms with Crippen molar-refractivity contribution < 1.29 is 13.6 Å². The van der Waals surface area contributed by atoms with Crippen LogP contribution in [0.25, 0.3) is 0 Å². The van der Waals surface area contributed by atoms with Gasteiger partial charge in [-0.2, -0.15) is 0 Å². The molecular weight excluding hydrogens is 336 g/mol. The Bertz CT molecular complexity index is 906. The van der Waals surface area contributed by atoms with Gasteiger partial charge in [0.2, 0.25) is 0 Å². The smallest absolute Gasteiger partial charge is 0.253 e. The van der Waals surface area contributed by atoms with Crippen molar-refractivity contribution in [2.45, 2.75) is 13.5 Å². The van der Waals surface area contributed by atoms with Gasteiger partial charge in [0.05, 0.1) is 5.56 Å². The second-order valence-electron chi connectivity index (χ2n) is 5.76. The summed E-state index contributed by atoms with van der Waals surface area (Å²) in [6.45, 7) is 2.39. The number of aryl methyl sites for hydroxylation is 1. The molecule has 2 N–H and O–H groups in total. The van der Waals surface area contributed by atoms with Gasteiger partial charge in [-0.05, 0) is 42.3 Å². The number of pyridine rings is 1. The standard InChI is InChI=1S/C20H17F2N3O/c1-13-5-2-3-6-14(13)11-24-20(26)15-9-10-18(23-12-15)25-19-16(21)7-4-8-17(19)22/h2-10,12H,11H2,1H3,(H,23,25)(H,24,26). The van der Waals surface area contributed by atoms with Crippen molar-refractivity contribution in [2.24, 2.45) is 0 Å². The number of benzene rings is 2. The lowest BCUT2D eigenvalue weighted by atomic mass is 10.1. The molecule has 0 aliphatic heterocycles. The molecule has 3 rings (SSSR count). The maximum atomic E-state index is 13.6. The van der Waals surface area contributed by atoms with Crippen molar-refractivity contribution in [2.75, 3.05) is 5.32 Å². The minimum atomic E-state index is -0.716. The van der Waals surface area contributed by atoms with Crippen LogP contribution in [-0.4, -0.2) is 10.9 Å². The van der Waals surface area contributed by atoms with Crippen molar-refractivity contribution in [3.05, 3.63) is 89.1 Å². The molecule has 26 heavy (non-hydrogen) atoms. The molecule has 6 heteroatoms. The van der Waals surface area contributed by atoms with E-state index >= 15 is 0 Å². The highest BCUT2D eigenvalue weighted by Crippen LogP contribution is 2.22. The van der Waals surface area contributed by atoms with Crippen LogP contribution in [0.3, 0.4) is 0 Å². The first kappa shape index (κ1) is 17.5. The summed E-state index contributed by atoms with van der Waals surface area (Å²) >= 11 is 0. The summed E-state index contributed by atoms with van der Waals surface area (Å²) in [5.41, 5.74) is 2.20. The maximum Gasteiger partial charge on any atom is 0.253 e. The Kier molecular flexibility index (Phi) is 5.22. The first-order chi connectivity index (χ1) is 12.5. The van der Waals surface area contributed by atoms with Gasteiger partial charge in [0, 0.05) is 12.7 Å². The van der Waals surface area contributed by atoms with E-state index in [0.717, 1.165) is 23.3 Å². The van der Waals surface area contributed by atoms with E-state index in [-0.39, 0.29) is 17.4 Å². The van der Waals surface area contributed by atoms with Gasteiger partial charge in [-0.1, -0.05) is 30.3 Å². The minimum absolute atomic E-state index is 0.240. The Morgan fingerprint density at radius 2 is 1.73 bits per heavy atom. The Balaban J connectivity index is 1.65. The zero-order chi connectivity index (χ0) is 18.5. The highest BCUT2D eigenvalue weighted by Gasteiger charge is 2.10. The average Bonchev–Trinajstić information content (AvgIpc) is 2.64. The van der Waals surface area contributed by atoms with Gasteiger partial charge < -0.3 is 10.6 Å². The van der Waals surface area contributed by atoms with Crippen LogP contribution in [0.5, 0.6) is 0 Å². The highest BCUT2D eigenvalue weighted by atomic mass is 19.1. The number of nitrogens with zero attached hydrogens (tertiary/aromatic N) is 1. The predicted molar refractivity (Wildman–Crippen MR) is 96.2 cm³/mol. The van der Waals surface area contributed by atoms with E-state index in [2.05, 4.69) is 15.6 Å². The molecule has 4 nitrogen and oxygen atoms in total. The highest BCUT2D eigenvalue weighted by molar-refractivity contribution is 5.94. The van der Waals surface area contributed by atoms with E-state index in [4.69, 9.17) is 0 Å². The summed E-state index contributed by atoms with van der Waals surface area (Å²) in [6, 6.07) is 14.4. The molecule has 3 aromatic rings. The topological polar surface area (TPSA) is 54.0 Å². The van der Waals surface area contributed by atoms with Crippen molar-refractivity contribution in [3.8, 4) is 0 Å². The number of carbonyl (C=O) groups is 1. The third-order valence-electron chi connectivity index (χ3n) is 3.94. The summed E-state index contributed by atoms with van der Waals surface area (Å²) in [5.74, 6) is -1.47. The zero-order valence-corrected chi connectivity index (χ0v) is 14.1. The molecule has 0 aliphatic carbocycles. The van der Waals surface area contributed by atoms with Gasteiger partial charge in [0.15, 0.2) is 0 Å². The fraction of sp³-hybridized carbons (Fsp3) is 0.100. The molecule has 0 radical (unpaired) electrons. The third-order valence-corrected chi connectivity index (χ3v) is 3.94. The lowest BCUT2D eigenvalue weighted by molar-refractivity contribution is 0.0950. The molecule has 0 atom stereocenters. The number of hydrogen-bond donors (Lipinski definition) is 2. The Morgan fingerprint density at radius 1 is 1.00 bits per heavy atom. The number of halogens is 2. The molecule has 2 aromatic carbocycles. The number of rotatable bonds is 5. The number of nitrogens with one attached hydrogen (secondary N) is 2. The molecule has 0 saturated carbocycles. The van der Waals surface area contributed by atoms with Crippen LogP contribution in [0.1, 0.15) is 21.5 Å². The van der Waals surface area contributed by atoms with Crippen molar-refractivity contribution in [1.29, 1.82) is 0 Å². The van der Waals surface area contributed by atoms with Crippen molar-refractivity contribution in [1.82, 2.24) is 10.3 Å². The number of carbonyl (C=O) groups excluding carboxylic acids is 1. The second kappa shape index (κ2) is 7.74. The van der Waals surface area contributed by atoms with Gasteiger partial charge in [-0.25, -0.2) is 13.8 Å². The fourth-order valence-electron chi connectivity index (χ4n) is 2.43. The molecule has 0 fully saturated rings. The Hall–Kier alpha value is -3.28. The van der Waals surface area contributed by atoms with Gasteiger partial charge in [-0.15, -0.1) is 0 Å². The molecular formula is C20H17F2N3O. The van der Waals surface area contributed by atoms with Gasteiger partial charge in [-0.3, -0.25) is 4.79 Å². The summed E-state index contributed by atoms with van der Waals surface area (Å²) in [5, 5.41) is 5.40. The number of aromatic nitrogens is 1. The van der Waals surface area contributed by atoms with E-state index in [9.17, 15) is 13.6 Å². The van der Waals surface area contributed by atoms with Crippen LogP contribution >= 0.6 is 0 Å². The third kappa shape index (κ3) is 4.03. The summed E-state index contributed by atoms with van der Waals surface area (Å²) in [4.78, 5) is 16.3.